The number of fused-ring (bicyclic) bond motifs is 1. The van der Waals surface area contributed by atoms with Gasteiger partial charge in [-0.3, -0.25) is 33.6 Å². The van der Waals surface area contributed by atoms with Crippen LogP contribution in [0.5, 0.6) is 0 Å². The molecule has 24 N–H and O–H groups in total. The normalized spacial score (nSPS) is 13.8. The fraction of sp³-hybridized carbons (Fsp3) is 0.523. The van der Waals surface area contributed by atoms with E-state index in [2.05, 4.69) is 4.98 Å². The number of carbonyl (C=O) groups is 7. The molecule has 0 amide bonds. The van der Waals surface area contributed by atoms with Crippen LogP contribution in [0.25, 0.3) is 10.9 Å². The van der Waals surface area contributed by atoms with Crippen molar-refractivity contribution in [1.82, 2.24) is 4.98 Å². The zero-order valence-electron chi connectivity index (χ0n) is 39.5. The van der Waals surface area contributed by atoms with Gasteiger partial charge in [0.2, 0.25) is 0 Å². The van der Waals surface area contributed by atoms with Crippen LogP contribution < -0.4 is 45.9 Å². The second-order valence-corrected chi connectivity index (χ2v) is 18.2. The van der Waals surface area contributed by atoms with Crippen molar-refractivity contribution in [3.05, 3.63) is 71.9 Å². The van der Waals surface area contributed by atoms with Crippen molar-refractivity contribution >= 4 is 74.3 Å². The van der Waals surface area contributed by atoms with Crippen molar-refractivity contribution in [2.75, 3.05) is 18.1 Å². The number of carboxylic acids is 7. The molecule has 8 unspecified atom stereocenters. The zero-order chi connectivity index (χ0) is 53.8. The molecule has 0 bridgehead atoms. The molecule has 0 saturated heterocycles. The number of nitrogens with two attached hydrogens (primary N) is 8. The first kappa shape index (κ1) is 67.9. The van der Waals surface area contributed by atoms with Crippen LogP contribution in [0.2, 0.25) is 0 Å². The average Bonchev–Trinajstić information content (AvgIpc) is 3.70. The number of benzene rings is 2. The summed E-state index contributed by atoms with van der Waals surface area (Å²) in [6.07, 6.45) is 6.07. The summed E-state index contributed by atoms with van der Waals surface area (Å²) in [5.41, 5.74) is 45.1. The molecular weight excluding hydrogens is 943 g/mol. The summed E-state index contributed by atoms with van der Waals surface area (Å²) in [7, 11) is 2.41. The molecule has 2 aromatic carbocycles. The molecule has 69 heavy (non-hydrogen) atoms. The Morgan fingerprint density at radius 1 is 0.551 bits per heavy atom. The van der Waals surface area contributed by atoms with Crippen molar-refractivity contribution in [2.24, 2.45) is 57.7 Å². The number of nitrogens with one attached hydrogen (secondary N) is 1. The number of rotatable bonds is 24. The van der Waals surface area contributed by atoms with E-state index in [1.165, 1.54) is 21.6 Å². The van der Waals surface area contributed by atoms with Crippen LogP contribution in [0.3, 0.4) is 0 Å². The Kier molecular flexibility index (Phi) is 38.9. The minimum atomic E-state index is -1.07. The van der Waals surface area contributed by atoms with Crippen molar-refractivity contribution in [2.45, 2.75) is 115 Å². The maximum absolute atomic E-state index is 10.6. The van der Waals surface area contributed by atoms with E-state index in [4.69, 9.17) is 81.6 Å². The molecule has 392 valence electrons. The van der Waals surface area contributed by atoms with Crippen LogP contribution in [0.15, 0.2) is 60.8 Å². The lowest BCUT2D eigenvalue weighted by Crippen LogP contribution is -2.36. The molecule has 0 aliphatic heterocycles. The SMILES string of the molecule is CC(C)CC(N)C(=O)O.CCC(C)C(N)C(=O)O.NC(CSSCC(N)C(=O)O)C(=O)O.NC(Cc1c[nH]c2ccccc12)C(=O)O.NC(Cc1ccccc1)C(=O)O.NCCCCC(N)C(=O)O. The molecule has 0 aliphatic carbocycles. The first-order chi connectivity index (χ1) is 32.1. The quantitative estimate of drug-likeness (QED) is 0.0445. The number of unbranched alkanes of at least 4 members (excludes halogenated alkanes) is 1. The lowest BCUT2D eigenvalue weighted by atomic mass is 10.0. The molecule has 0 fully saturated rings. The van der Waals surface area contributed by atoms with Gasteiger partial charge in [0.25, 0.3) is 0 Å². The number of para-hydroxylation sites is 1. The number of aromatic amines is 1. The van der Waals surface area contributed by atoms with Crippen LogP contribution >= 0.6 is 21.6 Å². The van der Waals surface area contributed by atoms with Gasteiger partial charge in [-0.05, 0) is 61.3 Å². The van der Waals surface area contributed by atoms with E-state index < -0.39 is 84.1 Å². The minimum Gasteiger partial charge on any atom is -0.480 e. The molecule has 0 saturated carbocycles. The molecule has 23 nitrogen and oxygen atoms in total. The lowest BCUT2D eigenvalue weighted by molar-refractivity contribution is -0.140. The second kappa shape index (κ2) is 39.5. The van der Waals surface area contributed by atoms with Gasteiger partial charge in [0.15, 0.2) is 0 Å². The van der Waals surface area contributed by atoms with E-state index in [-0.39, 0.29) is 17.4 Å². The molecule has 3 aromatic rings. The van der Waals surface area contributed by atoms with Gasteiger partial charge in [-0.1, -0.05) is 111 Å². The first-order valence-corrected chi connectivity index (χ1v) is 24.0. The van der Waals surface area contributed by atoms with Gasteiger partial charge in [-0.2, -0.15) is 0 Å². The Morgan fingerprint density at radius 3 is 1.36 bits per heavy atom. The van der Waals surface area contributed by atoms with E-state index >= 15 is 0 Å². The highest BCUT2D eigenvalue weighted by Gasteiger charge is 2.18. The lowest BCUT2D eigenvalue weighted by Gasteiger charge is -2.11. The number of hydrogen-bond donors (Lipinski definition) is 16. The fourth-order valence-electron chi connectivity index (χ4n) is 4.70. The highest BCUT2D eigenvalue weighted by atomic mass is 33.1. The summed E-state index contributed by atoms with van der Waals surface area (Å²) in [6.45, 7) is 8.25. The summed E-state index contributed by atoms with van der Waals surface area (Å²) in [6, 6.07) is 11.5. The van der Waals surface area contributed by atoms with Crippen molar-refractivity contribution in [3.63, 3.8) is 0 Å². The molecule has 1 heterocycles. The van der Waals surface area contributed by atoms with Gasteiger partial charge in [0, 0.05) is 35.0 Å². The van der Waals surface area contributed by atoms with E-state index in [0.717, 1.165) is 41.3 Å². The maximum Gasteiger partial charge on any atom is 0.321 e. The van der Waals surface area contributed by atoms with Gasteiger partial charge in [-0.25, -0.2) is 0 Å². The Morgan fingerprint density at radius 2 is 0.986 bits per heavy atom. The molecule has 1 aromatic heterocycles. The number of H-pyrrole nitrogens is 1. The van der Waals surface area contributed by atoms with E-state index in [1.807, 2.05) is 88.5 Å². The van der Waals surface area contributed by atoms with E-state index in [9.17, 15) is 33.6 Å². The van der Waals surface area contributed by atoms with Crippen LogP contribution in [0, 0.1) is 11.8 Å². The smallest absolute Gasteiger partial charge is 0.321 e. The Labute approximate surface area is 409 Å². The van der Waals surface area contributed by atoms with Crippen LogP contribution in [0.4, 0.5) is 0 Å². The fourth-order valence-corrected chi connectivity index (χ4v) is 6.93. The predicted octanol–water partition coefficient (Wildman–Crippen LogP) is 1.37. The van der Waals surface area contributed by atoms with Gasteiger partial charge >= 0.3 is 41.8 Å². The standard InChI is InChI=1S/C11H12N2O2.C9H11NO2.C6H12N2O4S2.C6H14N2O2.2C6H13NO2/c12-9(11(14)15)5-7-6-13-10-4-2-1-3-8(7)10;10-8(9(11)12)6-7-4-2-1-3-5-7;7-3(5(9)10)1-13-14-2-4(8)6(11)12;7-4-2-1-3-5(8)6(9)10;1-4(2)3-5(7)6(8)9;1-3-4(2)5(7)6(8)9/h1-4,6,9,13H,5,12H2,(H,14,15);1-5,8H,6,10H2,(H,11,12);3-4H,1-2,7-8H2,(H,9,10)(H,11,12);5H,1-4,7-8H2,(H,9,10);2*4-5H,3,7H2,1-2H3,(H,8,9). The van der Waals surface area contributed by atoms with Crippen LogP contribution in [-0.4, -0.2) is 143 Å². The highest BCUT2D eigenvalue weighted by Crippen LogP contribution is 2.22. The molecule has 0 aliphatic rings. The van der Waals surface area contributed by atoms with E-state index in [0.29, 0.717) is 38.1 Å². The third-order valence-corrected chi connectivity index (χ3v) is 11.6. The summed E-state index contributed by atoms with van der Waals surface area (Å²) >= 11 is 0. The number of hydrogen-bond acceptors (Lipinski definition) is 17. The third kappa shape index (κ3) is 35.4. The minimum absolute atomic E-state index is 0.0718. The summed E-state index contributed by atoms with van der Waals surface area (Å²) in [5.74, 6) is -5.94. The molecule has 8 atom stereocenters. The zero-order valence-corrected chi connectivity index (χ0v) is 41.1. The Hall–Kier alpha value is -5.35. The van der Waals surface area contributed by atoms with Crippen molar-refractivity contribution in [3.8, 4) is 0 Å². The maximum atomic E-state index is 10.6. The number of aliphatic carboxylic acids is 7. The molecule has 0 radical (unpaired) electrons. The Balaban J connectivity index is -0.000000767. The first-order valence-electron chi connectivity index (χ1n) is 21.6. The van der Waals surface area contributed by atoms with Crippen molar-refractivity contribution < 1.29 is 69.3 Å². The predicted molar refractivity (Wildman–Crippen MR) is 268 cm³/mol. The molecular formula is C44H75N9O14S2. The third-order valence-electron chi connectivity index (χ3n) is 9.13. The monoisotopic (exact) mass is 1020 g/mol. The van der Waals surface area contributed by atoms with Crippen LogP contribution in [0.1, 0.15) is 70.9 Å². The largest absolute Gasteiger partial charge is 0.480 e. The summed E-state index contributed by atoms with van der Waals surface area (Å²) in [4.78, 5) is 75.0. The van der Waals surface area contributed by atoms with E-state index in [1.54, 1.807) is 0 Å². The highest BCUT2D eigenvalue weighted by molar-refractivity contribution is 8.76. The Bertz CT molecular complexity index is 1910. The summed E-state index contributed by atoms with van der Waals surface area (Å²) < 4.78 is 0. The number of carboxylic acid groups (broad SMARTS) is 7. The van der Waals surface area contributed by atoms with Crippen molar-refractivity contribution in [1.29, 1.82) is 0 Å². The van der Waals surface area contributed by atoms with Gasteiger partial charge < -0.3 is 86.6 Å². The topological polar surface area (TPSA) is 485 Å². The van der Waals surface area contributed by atoms with Crippen LogP contribution in [-0.2, 0) is 46.4 Å². The van der Waals surface area contributed by atoms with Gasteiger partial charge in [0.1, 0.15) is 42.3 Å². The number of aromatic nitrogens is 1. The molecule has 25 heteroatoms. The molecule has 0 spiro atoms. The molecule has 3 rings (SSSR count). The van der Waals surface area contributed by atoms with Gasteiger partial charge in [0.05, 0.1) is 0 Å². The average molecular weight is 1020 g/mol. The van der Waals surface area contributed by atoms with Gasteiger partial charge in [-0.15, -0.1) is 0 Å². The second-order valence-electron chi connectivity index (χ2n) is 15.7. The summed E-state index contributed by atoms with van der Waals surface area (Å²) in [5, 5.41) is 60.1.